The minimum absolute atomic E-state index is 0.361. The average molecular weight is 343 g/mol. The van der Waals surface area contributed by atoms with Gasteiger partial charge in [-0.25, -0.2) is 4.98 Å². The molecule has 0 radical (unpaired) electrons. The smallest absolute Gasteiger partial charge is 0.306 e. The third-order valence-electron chi connectivity index (χ3n) is 4.60. The highest BCUT2D eigenvalue weighted by molar-refractivity contribution is 5.70. The third kappa shape index (κ3) is 4.48. The molecule has 1 aromatic carbocycles. The van der Waals surface area contributed by atoms with Crippen LogP contribution in [0.25, 0.3) is 5.69 Å². The number of carboxylic acids is 1. The van der Waals surface area contributed by atoms with Crippen molar-refractivity contribution in [1.82, 2.24) is 14.9 Å². The standard InChI is InChI=1S/C18H23N3O2.C2H6/c1-19-10-4-6-14(18(22)23)11-15-17-9-8-13-5-2-3-7-16(13)21(17)12-20-15;1-2/h2-3,5,7,12,14,19H,4,6,8-11H2,1H3,(H,22,23);1-2H3. The molecule has 136 valence electrons. The molecule has 0 amide bonds. The van der Waals surface area contributed by atoms with Crippen molar-refractivity contribution in [3.63, 3.8) is 0 Å². The number of aryl methyl sites for hydroxylation is 1. The fourth-order valence-electron chi connectivity index (χ4n) is 3.34. The van der Waals surface area contributed by atoms with Crippen LogP contribution in [0, 0.1) is 5.92 Å². The molecular weight excluding hydrogens is 314 g/mol. The van der Waals surface area contributed by atoms with Gasteiger partial charge in [-0.05, 0) is 50.9 Å². The Morgan fingerprint density at radius 1 is 1.32 bits per heavy atom. The van der Waals surface area contributed by atoms with E-state index in [4.69, 9.17) is 0 Å². The quantitative estimate of drug-likeness (QED) is 0.758. The molecule has 5 nitrogen and oxygen atoms in total. The van der Waals surface area contributed by atoms with Crippen molar-refractivity contribution < 1.29 is 9.90 Å². The molecule has 3 rings (SSSR count). The number of carbonyl (C=O) groups is 1. The van der Waals surface area contributed by atoms with Crippen LogP contribution in [0.2, 0.25) is 0 Å². The van der Waals surface area contributed by atoms with E-state index in [0.717, 1.165) is 31.5 Å². The Morgan fingerprint density at radius 2 is 2.08 bits per heavy atom. The van der Waals surface area contributed by atoms with Gasteiger partial charge in [0.2, 0.25) is 0 Å². The zero-order valence-electron chi connectivity index (χ0n) is 15.5. The number of aromatic nitrogens is 2. The molecule has 2 heterocycles. The van der Waals surface area contributed by atoms with E-state index in [1.165, 1.54) is 16.9 Å². The van der Waals surface area contributed by atoms with E-state index in [0.29, 0.717) is 12.8 Å². The lowest BCUT2D eigenvalue weighted by Gasteiger charge is -2.20. The molecule has 0 saturated carbocycles. The Morgan fingerprint density at radius 3 is 2.80 bits per heavy atom. The molecule has 0 fully saturated rings. The maximum Gasteiger partial charge on any atom is 0.306 e. The zero-order valence-corrected chi connectivity index (χ0v) is 15.5. The fraction of sp³-hybridized carbons (Fsp3) is 0.500. The van der Waals surface area contributed by atoms with Crippen LogP contribution in [0.4, 0.5) is 0 Å². The van der Waals surface area contributed by atoms with E-state index < -0.39 is 5.97 Å². The number of benzene rings is 1. The van der Waals surface area contributed by atoms with Crippen molar-refractivity contribution in [3.05, 3.63) is 47.5 Å². The van der Waals surface area contributed by atoms with Crippen LogP contribution in [0.5, 0.6) is 0 Å². The number of hydrogen-bond donors (Lipinski definition) is 2. The fourth-order valence-corrected chi connectivity index (χ4v) is 3.34. The first-order valence-electron chi connectivity index (χ1n) is 9.21. The Bertz CT molecular complexity index is 694. The number of aliphatic carboxylic acids is 1. The number of fused-ring (bicyclic) bond motifs is 3. The topological polar surface area (TPSA) is 67.2 Å². The van der Waals surface area contributed by atoms with Crippen molar-refractivity contribution in [3.8, 4) is 5.69 Å². The number of carboxylic acid groups (broad SMARTS) is 1. The molecule has 5 heteroatoms. The number of nitrogens with zero attached hydrogens (tertiary/aromatic N) is 2. The summed E-state index contributed by atoms with van der Waals surface area (Å²) in [5, 5.41) is 12.5. The van der Waals surface area contributed by atoms with E-state index in [9.17, 15) is 9.90 Å². The Labute approximate surface area is 150 Å². The summed E-state index contributed by atoms with van der Waals surface area (Å²) in [7, 11) is 1.89. The minimum atomic E-state index is -0.723. The van der Waals surface area contributed by atoms with Crippen LogP contribution in [0.15, 0.2) is 30.6 Å². The van der Waals surface area contributed by atoms with Gasteiger partial charge in [0.05, 0.1) is 17.9 Å². The average Bonchev–Trinajstić information content (AvgIpc) is 3.06. The summed E-state index contributed by atoms with van der Waals surface area (Å²) in [4.78, 5) is 16.1. The normalized spacial score (nSPS) is 13.2. The summed E-state index contributed by atoms with van der Waals surface area (Å²) in [5.41, 5.74) is 4.61. The Hall–Kier alpha value is -2.14. The van der Waals surface area contributed by atoms with Crippen molar-refractivity contribution in [2.45, 2.75) is 46.0 Å². The number of hydrogen-bond acceptors (Lipinski definition) is 3. The summed E-state index contributed by atoms with van der Waals surface area (Å²) >= 11 is 0. The number of imidazole rings is 1. The molecular formula is C20H29N3O2. The van der Waals surface area contributed by atoms with Crippen LogP contribution in [-0.2, 0) is 24.1 Å². The van der Waals surface area contributed by atoms with Gasteiger partial charge in [-0.1, -0.05) is 32.0 Å². The third-order valence-corrected chi connectivity index (χ3v) is 4.60. The highest BCUT2D eigenvalue weighted by Gasteiger charge is 2.24. The second kappa shape index (κ2) is 9.37. The maximum absolute atomic E-state index is 11.5. The first kappa shape index (κ1) is 19.2. The zero-order chi connectivity index (χ0) is 18.2. The summed E-state index contributed by atoms with van der Waals surface area (Å²) in [6.45, 7) is 4.85. The van der Waals surface area contributed by atoms with Gasteiger partial charge in [-0.15, -0.1) is 0 Å². The van der Waals surface area contributed by atoms with Crippen LogP contribution in [0.3, 0.4) is 0 Å². The van der Waals surface area contributed by atoms with Gasteiger partial charge in [0.15, 0.2) is 0 Å². The van der Waals surface area contributed by atoms with Gasteiger partial charge in [-0.2, -0.15) is 0 Å². The molecule has 0 spiro atoms. The van der Waals surface area contributed by atoms with Gasteiger partial charge in [0.1, 0.15) is 0 Å². The van der Waals surface area contributed by atoms with Gasteiger partial charge in [-0.3, -0.25) is 4.79 Å². The van der Waals surface area contributed by atoms with Crippen LogP contribution >= 0.6 is 0 Å². The van der Waals surface area contributed by atoms with E-state index >= 15 is 0 Å². The Balaban J connectivity index is 0.00000109. The number of rotatable bonds is 7. The minimum Gasteiger partial charge on any atom is -0.481 e. The van der Waals surface area contributed by atoms with E-state index in [1.807, 2.05) is 33.3 Å². The van der Waals surface area contributed by atoms with Crippen LogP contribution in [0.1, 0.15) is 43.6 Å². The van der Waals surface area contributed by atoms with Gasteiger partial charge >= 0.3 is 5.97 Å². The van der Waals surface area contributed by atoms with Crippen LogP contribution in [-0.4, -0.2) is 34.2 Å². The molecule has 0 saturated heterocycles. The van der Waals surface area contributed by atoms with Crippen molar-refractivity contribution in [2.75, 3.05) is 13.6 Å². The second-order valence-corrected chi connectivity index (χ2v) is 6.12. The second-order valence-electron chi connectivity index (χ2n) is 6.12. The summed E-state index contributed by atoms with van der Waals surface area (Å²) in [6.07, 6.45) is 5.83. The Kier molecular flexibility index (Phi) is 7.19. The molecule has 1 unspecified atom stereocenters. The first-order valence-corrected chi connectivity index (χ1v) is 9.21. The van der Waals surface area contributed by atoms with Crippen molar-refractivity contribution in [2.24, 2.45) is 5.92 Å². The highest BCUT2D eigenvalue weighted by Crippen LogP contribution is 2.27. The molecule has 0 bridgehead atoms. The lowest BCUT2D eigenvalue weighted by atomic mass is 9.94. The molecule has 0 aliphatic carbocycles. The predicted octanol–water partition coefficient (Wildman–Crippen LogP) is 3.24. The van der Waals surface area contributed by atoms with E-state index in [2.05, 4.69) is 33.1 Å². The molecule has 1 atom stereocenters. The molecule has 1 aliphatic heterocycles. The number of nitrogens with one attached hydrogen (secondary N) is 1. The predicted molar refractivity (Wildman–Crippen MR) is 100 cm³/mol. The molecule has 1 aromatic heterocycles. The SMILES string of the molecule is CC.CNCCCC(Cc1ncn2c1CCc1ccccc1-2)C(=O)O. The summed E-state index contributed by atoms with van der Waals surface area (Å²) in [6, 6.07) is 8.34. The van der Waals surface area contributed by atoms with Gasteiger partial charge < -0.3 is 15.0 Å². The van der Waals surface area contributed by atoms with Gasteiger partial charge in [0.25, 0.3) is 0 Å². The maximum atomic E-state index is 11.5. The van der Waals surface area contributed by atoms with E-state index in [1.54, 1.807) is 0 Å². The lowest BCUT2D eigenvalue weighted by molar-refractivity contribution is -0.142. The van der Waals surface area contributed by atoms with Crippen molar-refractivity contribution >= 4 is 5.97 Å². The molecule has 2 aromatic rings. The van der Waals surface area contributed by atoms with Crippen LogP contribution < -0.4 is 5.32 Å². The largest absolute Gasteiger partial charge is 0.481 e. The lowest BCUT2D eigenvalue weighted by Crippen LogP contribution is -2.20. The summed E-state index contributed by atoms with van der Waals surface area (Å²) < 4.78 is 2.13. The molecule has 1 aliphatic rings. The van der Waals surface area contributed by atoms with Crippen molar-refractivity contribution in [1.29, 1.82) is 0 Å². The van der Waals surface area contributed by atoms with E-state index in [-0.39, 0.29) is 5.92 Å². The number of para-hydroxylation sites is 1. The summed E-state index contributed by atoms with van der Waals surface area (Å²) in [5.74, 6) is -1.08. The monoisotopic (exact) mass is 343 g/mol. The van der Waals surface area contributed by atoms with Gasteiger partial charge in [0, 0.05) is 17.8 Å². The first-order chi connectivity index (χ1) is 12.2. The molecule has 25 heavy (non-hydrogen) atoms. The molecule has 2 N–H and O–H groups in total. The highest BCUT2D eigenvalue weighted by atomic mass is 16.4.